The minimum Gasteiger partial charge on any atom is -0.507 e. The standard InChI is InChI=1S/C25H23NO5S/c1-3-11-31-17-7-4-6-16(14-17)23(28)21-22(20-8-5-12-32-20)26(25(30)24(21)29)18-13-15(2)9-10-19(18)27/h4-10,12-14,22,27-28H,3,11H2,1-2H3/b23-21-. The van der Waals surface area contributed by atoms with Gasteiger partial charge in [-0.1, -0.05) is 31.2 Å². The number of aromatic hydroxyl groups is 1. The van der Waals surface area contributed by atoms with Crippen molar-refractivity contribution in [3.8, 4) is 11.5 Å². The summed E-state index contributed by atoms with van der Waals surface area (Å²) in [5.41, 5.74) is 1.41. The Labute approximate surface area is 190 Å². The number of aliphatic hydroxyl groups excluding tert-OH is 1. The van der Waals surface area contributed by atoms with Gasteiger partial charge in [0.2, 0.25) is 0 Å². The number of amides is 1. The molecule has 1 saturated heterocycles. The van der Waals surface area contributed by atoms with Crippen molar-refractivity contribution in [2.75, 3.05) is 11.5 Å². The maximum Gasteiger partial charge on any atom is 0.300 e. The molecule has 32 heavy (non-hydrogen) atoms. The van der Waals surface area contributed by atoms with Gasteiger partial charge in [0.25, 0.3) is 11.7 Å². The van der Waals surface area contributed by atoms with E-state index in [1.54, 1.807) is 42.5 Å². The van der Waals surface area contributed by atoms with Crippen LogP contribution in [-0.4, -0.2) is 28.5 Å². The van der Waals surface area contributed by atoms with Gasteiger partial charge in [0.05, 0.1) is 17.9 Å². The Bertz CT molecular complexity index is 1200. The van der Waals surface area contributed by atoms with Gasteiger partial charge in [0, 0.05) is 10.4 Å². The van der Waals surface area contributed by atoms with Gasteiger partial charge < -0.3 is 14.9 Å². The number of thiophene rings is 1. The van der Waals surface area contributed by atoms with Crippen molar-refractivity contribution in [1.82, 2.24) is 0 Å². The fraction of sp³-hybridized carbons (Fsp3) is 0.200. The molecule has 4 rings (SSSR count). The van der Waals surface area contributed by atoms with Crippen molar-refractivity contribution in [1.29, 1.82) is 0 Å². The fourth-order valence-electron chi connectivity index (χ4n) is 3.73. The van der Waals surface area contributed by atoms with Crippen LogP contribution in [0.1, 0.15) is 35.4 Å². The molecule has 1 atom stereocenters. The summed E-state index contributed by atoms with van der Waals surface area (Å²) in [6.45, 7) is 4.35. The monoisotopic (exact) mass is 449 g/mol. The number of ketones is 1. The second kappa shape index (κ2) is 8.88. The largest absolute Gasteiger partial charge is 0.507 e. The predicted octanol–water partition coefficient (Wildman–Crippen LogP) is 5.18. The smallest absolute Gasteiger partial charge is 0.300 e. The van der Waals surface area contributed by atoms with Gasteiger partial charge in [0.1, 0.15) is 23.3 Å². The number of carbonyl (C=O) groups excluding carboxylic acids is 2. The summed E-state index contributed by atoms with van der Waals surface area (Å²) in [7, 11) is 0. The summed E-state index contributed by atoms with van der Waals surface area (Å²) in [6.07, 6.45) is 0.833. The number of rotatable bonds is 6. The number of nitrogens with zero attached hydrogens (tertiary/aromatic N) is 1. The van der Waals surface area contributed by atoms with E-state index in [1.165, 1.54) is 22.3 Å². The molecule has 1 aliphatic rings. The molecule has 1 fully saturated rings. The van der Waals surface area contributed by atoms with Gasteiger partial charge in [-0.15, -0.1) is 11.3 Å². The van der Waals surface area contributed by atoms with E-state index >= 15 is 0 Å². The highest BCUT2D eigenvalue weighted by Gasteiger charge is 2.48. The summed E-state index contributed by atoms with van der Waals surface area (Å²) in [4.78, 5) is 28.2. The van der Waals surface area contributed by atoms with Crippen LogP contribution in [0, 0.1) is 6.92 Å². The number of hydrogen-bond donors (Lipinski definition) is 2. The van der Waals surface area contributed by atoms with Crippen molar-refractivity contribution in [3.05, 3.63) is 81.6 Å². The minimum atomic E-state index is -0.858. The van der Waals surface area contributed by atoms with Crippen molar-refractivity contribution >= 4 is 34.5 Å². The quantitative estimate of drug-likeness (QED) is 0.308. The summed E-state index contributed by atoms with van der Waals surface area (Å²) in [6, 6.07) is 14.4. The molecule has 1 aliphatic heterocycles. The molecule has 1 amide bonds. The fourth-order valence-corrected chi connectivity index (χ4v) is 4.56. The van der Waals surface area contributed by atoms with Crippen LogP contribution < -0.4 is 9.64 Å². The first-order chi connectivity index (χ1) is 15.4. The Morgan fingerprint density at radius 3 is 2.66 bits per heavy atom. The normalized spacial score (nSPS) is 17.7. The van der Waals surface area contributed by atoms with E-state index in [0.717, 1.165) is 12.0 Å². The second-order valence-corrected chi connectivity index (χ2v) is 8.53. The van der Waals surface area contributed by atoms with Crippen molar-refractivity contribution in [3.63, 3.8) is 0 Å². The Hall–Kier alpha value is -3.58. The SMILES string of the molecule is CCCOc1cccc(/C(O)=C2/C(=O)C(=O)N(c3cc(C)ccc3O)C2c2cccs2)c1. The van der Waals surface area contributed by atoms with E-state index in [-0.39, 0.29) is 22.8 Å². The molecule has 2 heterocycles. The zero-order valence-corrected chi connectivity index (χ0v) is 18.6. The number of carbonyl (C=O) groups is 2. The number of Topliss-reactive ketones (excluding diaryl/α,β-unsaturated/α-hetero) is 1. The molecule has 6 nitrogen and oxygen atoms in total. The number of phenols is 1. The van der Waals surface area contributed by atoms with E-state index in [4.69, 9.17) is 4.74 Å². The van der Waals surface area contributed by atoms with E-state index in [0.29, 0.717) is 22.8 Å². The summed E-state index contributed by atoms with van der Waals surface area (Å²) < 4.78 is 5.65. The van der Waals surface area contributed by atoms with Crippen molar-refractivity contribution in [2.45, 2.75) is 26.3 Å². The van der Waals surface area contributed by atoms with E-state index < -0.39 is 17.7 Å². The van der Waals surface area contributed by atoms with Crippen LogP contribution in [0.15, 0.2) is 65.6 Å². The van der Waals surface area contributed by atoms with Crippen molar-refractivity contribution < 1.29 is 24.5 Å². The molecular weight excluding hydrogens is 426 g/mol. The average Bonchev–Trinajstić information content (AvgIpc) is 3.41. The summed E-state index contributed by atoms with van der Waals surface area (Å²) in [5.74, 6) is -1.44. The van der Waals surface area contributed by atoms with Gasteiger partial charge in [0.15, 0.2) is 0 Å². The van der Waals surface area contributed by atoms with Crippen LogP contribution in [-0.2, 0) is 9.59 Å². The van der Waals surface area contributed by atoms with Crippen LogP contribution in [0.2, 0.25) is 0 Å². The number of hydrogen-bond acceptors (Lipinski definition) is 6. The van der Waals surface area contributed by atoms with Crippen LogP contribution in [0.25, 0.3) is 5.76 Å². The van der Waals surface area contributed by atoms with E-state index in [1.807, 2.05) is 25.3 Å². The molecular formula is C25H23NO5S. The molecule has 0 aliphatic carbocycles. The molecule has 0 spiro atoms. The van der Waals surface area contributed by atoms with E-state index in [9.17, 15) is 19.8 Å². The van der Waals surface area contributed by atoms with Crippen LogP contribution >= 0.6 is 11.3 Å². The number of ether oxygens (including phenoxy) is 1. The highest BCUT2D eigenvalue weighted by Crippen LogP contribution is 2.46. The Morgan fingerprint density at radius 2 is 1.94 bits per heavy atom. The lowest BCUT2D eigenvalue weighted by atomic mass is 9.99. The molecule has 1 unspecified atom stereocenters. The Balaban J connectivity index is 1.88. The lowest BCUT2D eigenvalue weighted by Gasteiger charge is -2.25. The first-order valence-electron chi connectivity index (χ1n) is 10.3. The Kier molecular flexibility index (Phi) is 6.01. The van der Waals surface area contributed by atoms with Gasteiger partial charge in [-0.05, 0) is 54.6 Å². The number of aliphatic hydroxyl groups is 1. The average molecular weight is 450 g/mol. The number of phenolic OH excluding ortho intramolecular Hbond substituents is 1. The predicted molar refractivity (Wildman–Crippen MR) is 124 cm³/mol. The molecule has 0 saturated carbocycles. The first-order valence-corrected chi connectivity index (χ1v) is 11.2. The minimum absolute atomic E-state index is 0.0222. The highest BCUT2D eigenvalue weighted by atomic mass is 32.1. The third-order valence-electron chi connectivity index (χ3n) is 5.23. The molecule has 3 aromatic rings. The van der Waals surface area contributed by atoms with Gasteiger partial charge in [-0.2, -0.15) is 0 Å². The number of aryl methyl sites for hydroxylation is 1. The highest BCUT2D eigenvalue weighted by molar-refractivity contribution is 7.10. The molecule has 2 N–H and O–H groups in total. The zero-order valence-electron chi connectivity index (χ0n) is 17.7. The number of anilines is 1. The van der Waals surface area contributed by atoms with E-state index in [2.05, 4.69) is 0 Å². The van der Waals surface area contributed by atoms with Crippen LogP contribution in [0.5, 0.6) is 11.5 Å². The van der Waals surface area contributed by atoms with Gasteiger partial charge in [-0.3, -0.25) is 14.5 Å². The van der Waals surface area contributed by atoms with Crippen LogP contribution in [0.3, 0.4) is 0 Å². The lowest BCUT2D eigenvalue weighted by Crippen LogP contribution is -2.29. The zero-order chi connectivity index (χ0) is 22.8. The third-order valence-corrected chi connectivity index (χ3v) is 6.15. The summed E-state index contributed by atoms with van der Waals surface area (Å²) in [5, 5.41) is 23.5. The third kappa shape index (κ3) is 3.87. The maximum absolute atomic E-state index is 13.1. The molecule has 164 valence electrons. The van der Waals surface area contributed by atoms with Crippen LogP contribution in [0.4, 0.5) is 5.69 Å². The molecule has 0 bridgehead atoms. The molecule has 1 aromatic heterocycles. The number of benzene rings is 2. The van der Waals surface area contributed by atoms with Crippen molar-refractivity contribution in [2.24, 2.45) is 0 Å². The molecule has 2 aromatic carbocycles. The molecule has 7 heteroatoms. The second-order valence-electron chi connectivity index (χ2n) is 7.55. The van der Waals surface area contributed by atoms with Gasteiger partial charge >= 0.3 is 0 Å². The maximum atomic E-state index is 13.1. The summed E-state index contributed by atoms with van der Waals surface area (Å²) >= 11 is 1.37. The Morgan fingerprint density at radius 1 is 1.12 bits per heavy atom. The van der Waals surface area contributed by atoms with Gasteiger partial charge in [-0.25, -0.2) is 0 Å². The molecule has 0 radical (unpaired) electrons. The lowest BCUT2D eigenvalue weighted by molar-refractivity contribution is -0.132. The topological polar surface area (TPSA) is 87.1 Å². The first kappa shape index (κ1) is 21.6.